The Kier molecular flexibility index (Phi) is 20.4. The van der Waals surface area contributed by atoms with Gasteiger partial charge in [0.15, 0.2) is 75.3 Å². The second-order valence-electron chi connectivity index (χ2n) is 23.3. The Morgan fingerprint density at radius 2 is 1.04 bits per heavy atom. The molecular formula is C51H75N11O13P2Si2+2. The maximum Gasteiger partial charge on any atom is 0.695 e. The highest BCUT2D eigenvalue weighted by Crippen LogP contribution is 2.47. The normalized spacial score (nSPS) is 22.2. The van der Waals surface area contributed by atoms with Crippen molar-refractivity contribution in [3.63, 3.8) is 0 Å². The average Bonchev–Trinajstić information content (AvgIpc) is 4.36. The summed E-state index contributed by atoms with van der Waals surface area (Å²) in [4.78, 5) is 72.6. The summed E-state index contributed by atoms with van der Waals surface area (Å²) in [6.07, 6.45) is -0.366. The number of amides is 2. The van der Waals surface area contributed by atoms with Crippen LogP contribution in [-0.2, 0) is 36.5 Å². The van der Waals surface area contributed by atoms with Crippen molar-refractivity contribution in [3.05, 3.63) is 97.1 Å². The molecule has 428 valence electrons. The number of benzene rings is 2. The minimum Gasteiger partial charge on any atom is -0.566 e. The van der Waals surface area contributed by atoms with Crippen molar-refractivity contribution in [1.82, 2.24) is 39.0 Å². The van der Waals surface area contributed by atoms with E-state index in [4.69, 9.17) is 27.4 Å². The highest BCUT2D eigenvalue weighted by atomic mass is 31.1. The number of quaternary nitrogens is 1. The minimum absolute atomic E-state index is 0.139. The second-order valence-corrected chi connectivity index (χ2v) is 34.2. The lowest BCUT2D eigenvalue weighted by Crippen LogP contribution is -2.67. The second kappa shape index (κ2) is 25.7. The Hall–Kier alpha value is -5.29. The number of carbonyl (C=O) groups excluding carboxylic acids is 2. The van der Waals surface area contributed by atoms with Crippen LogP contribution in [0, 0.1) is 0 Å². The summed E-state index contributed by atoms with van der Waals surface area (Å²) in [5.41, 5.74) is 6.40. The lowest BCUT2D eigenvalue weighted by Gasteiger charge is -2.40. The number of aliphatic hydroxyl groups is 1. The van der Waals surface area contributed by atoms with Gasteiger partial charge in [0.2, 0.25) is 0 Å². The quantitative estimate of drug-likeness (QED) is 0.0460. The van der Waals surface area contributed by atoms with Crippen molar-refractivity contribution >= 4 is 78.9 Å². The van der Waals surface area contributed by atoms with E-state index < -0.39 is 88.8 Å². The molecule has 2 aliphatic heterocycles. The number of hydrogen-bond acceptors (Lipinski definition) is 18. The van der Waals surface area contributed by atoms with Crippen LogP contribution in [0.5, 0.6) is 0 Å². The maximum absolute atomic E-state index is 12.7. The lowest BCUT2D eigenvalue weighted by atomic mass is 10.1. The van der Waals surface area contributed by atoms with Crippen LogP contribution in [0.4, 0.5) is 11.6 Å². The van der Waals surface area contributed by atoms with Crippen LogP contribution in [-0.4, -0.2) is 126 Å². The molecule has 24 nitrogen and oxygen atoms in total. The molecule has 10 atom stereocenters. The standard InChI is InChI=1S/C24H32N5O6PSi.C23H30N5O7PSi.C4H11N/c1-7-16-18(34-36(31)32)19(35-37(5,6)24(2,3)4)23(33-16)29-14-27-17-20(25-13-26-21(17)29)28-22(30)15-11-9-8-10-12-15;1-23(2,3)37(4,5)35-18-17(34-36(31)32)15(11-29)33-22(18)28-13-26-16-19(24-12-25-20(16)28)27-21(30)14-9-7-6-8-10-14;1-4(2,3)5/h8-14,16,18-19,23H,7H2,1-6H3,(H,25,26,28,30);6-10,12-13,15,17-18,22,29H,11H2,1-5H3,(H-,24,25,27,30,31,32);5H2,1-3H3/p+2/t16-,18-,19-,23-;15-,17-,18-,22-;/m11./s1. The molecule has 4 aromatic heterocycles. The first kappa shape index (κ1) is 62.9. The first-order valence-electron chi connectivity index (χ1n) is 25.7. The third-order valence-electron chi connectivity index (χ3n) is 13.8. The summed E-state index contributed by atoms with van der Waals surface area (Å²) in [6, 6.07) is 17.5. The zero-order valence-electron chi connectivity index (χ0n) is 47.2. The van der Waals surface area contributed by atoms with Gasteiger partial charge in [-0.15, -0.1) is 13.9 Å². The van der Waals surface area contributed by atoms with Crippen molar-refractivity contribution in [2.45, 2.75) is 167 Å². The first-order chi connectivity index (χ1) is 36.8. The number of carbonyl (C=O) groups is 2. The van der Waals surface area contributed by atoms with Gasteiger partial charge in [-0.25, -0.2) is 29.9 Å². The van der Waals surface area contributed by atoms with Crippen LogP contribution in [0.1, 0.15) is 109 Å². The van der Waals surface area contributed by atoms with E-state index in [1.807, 2.05) is 32.2 Å². The summed E-state index contributed by atoms with van der Waals surface area (Å²) in [6.45, 7) is 28.4. The van der Waals surface area contributed by atoms with E-state index in [9.17, 15) is 33.6 Å². The molecular weight excluding hydrogens is 1090 g/mol. The highest BCUT2D eigenvalue weighted by molar-refractivity contribution is 7.32. The number of aliphatic hydroxyl groups excluding tert-OH is 1. The number of nitrogens with one attached hydrogen (secondary N) is 2. The number of rotatable bonds is 16. The van der Waals surface area contributed by atoms with Crippen LogP contribution in [0.2, 0.25) is 36.3 Å². The summed E-state index contributed by atoms with van der Waals surface area (Å²) >= 11 is 0. The van der Waals surface area contributed by atoms with Gasteiger partial charge < -0.3 is 44.7 Å². The molecule has 2 amide bonds. The monoisotopic (exact) mass is 1170 g/mol. The third kappa shape index (κ3) is 15.6. The van der Waals surface area contributed by atoms with Crippen LogP contribution in [0.15, 0.2) is 86.0 Å². The van der Waals surface area contributed by atoms with Gasteiger partial charge in [0.05, 0.1) is 30.9 Å². The largest absolute Gasteiger partial charge is 0.695 e. The fraction of sp³-hybridized carbons (Fsp3) is 0.529. The Morgan fingerprint density at radius 1 is 0.658 bits per heavy atom. The number of hydrogen-bond donors (Lipinski definition) is 5. The molecule has 79 heavy (non-hydrogen) atoms. The van der Waals surface area contributed by atoms with E-state index in [0.717, 1.165) is 0 Å². The van der Waals surface area contributed by atoms with E-state index in [0.29, 0.717) is 39.9 Å². The summed E-state index contributed by atoms with van der Waals surface area (Å²) in [5.74, 6) is -0.223. The summed E-state index contributed by atoms with van der Waals surface area (Å²) in [5, 5.41) is 15.2. The number of fused-ring (bicyclic) bond motifs is 2. The zero-order valence-corrected chi connectivity index (χ0v) is 51.0. The van der Waals surface area contributed by atoms with E-state index in [1.54, 1.807) is 57.7 Å². The fourth-order valence-corrected chi connectivity index (χ4v) is 11.4. The van der Waals surface area contributed by atoms with E-state index in [-0.39, 0.29) is 39.1 Å². The molecule has 0 bridgehead atoms. The van der Waals surface area contributed by atoms with Crippen molar-refractivity contribution in [2.75, 3.05) is 17.2 Å². The molecule has 0 radical (unpaired) electrons. The average molecular weight is 1170 g/mol. The molecule has 0 spiro atoms. The predicted molar refractivity (Wildman–Crippen MR) is 299 cm³/mol. The molecule has 7 N–H and O–H groups in total. The molecule has 6 aromatic rings. The third-order valence-corrected chi connectivity index (χ3v) is 23.6. The van der Waals surface area contributed by atoms with Crippen LogP contribution < -0.4 is 21.3 Å². The van der Waals surface area contributed by atoms with Gasteiger partial charge in [0.25, 0.3) is 11.8 Å². The number of anilines is 2. The van der Waals surface area contributed by atoms with E-state index >= 15 is 0 Å². The van der Waals surface area contributed by atoms with E-state index in [2.05, 4.69) is 122 Å². The molecule has 2 unspecified atom stereocenters. The molecule has 0 saturated carbocycles. The fourth-order valence-electron chi connectivity index (χ4n) is 7.88. The molecule has 0 aliphatic carbocycles. The highest BCUT2D eigenvalue weighted by Gasteiger charge is 2.56. The first-order valence-corrected chi connectivity index (χ1v) is 33.7. The van der Waals surface area contributed by atoms with Crippen LogP contribution in [0.25, 0.3) is 22.3 Å². The Morgan fingerprint density at radius 3 is 1.38 bits per heavy atom. The molecule has 2 aromatic carbocycles. The van der Waals surface area contributed by atoms with Gasteiger partial charge >= 0.3 is 16.5 Å². The number of nitrogens with zero attached hydrogens (tertiary/aromatic N) is 8. The van der Waals surface area contributed by atoms with Gasteiger partial charge in [-0.2, -0.15) is 0 Å². The number of aromatic nitrogens is 8. The predicted octanol–water partition coefficient (Wildman–Crippen LogP) is 7.60. The van der Waals surface area contributed by atoms with Gasteiger partial charge in [0.1, 0.15) is 31.0 Å². The molecule has 2 fully saturated rings. The molecule has 8 rings (SSSR count). The Bertz CT molecular complexity index is 2860. The number of ether oxygens (including phenoxy) is 2. The number of imidazole rings is 2. The van der Waals surface area contributed by atoms with Crippen LogP contribution >= 0.6 is 16.5 Å². The van der Waals surface area contributed by atoms with Gasteiger partial charge in [0, 0.05) is 15.7 Å². The van der Waals surface area contributed by atoms with Crippen molar-refractivity contribution < 1.29 is 66.7 Å². The SMILES string of the molecule is CC(C)(C)[NH3+].CC(C)(C)[Si](C)(C)O[C@@H]1[C@H](O[P+](=O)O)[C@@H](CO)O[C@H]1n1cnc2c(NC(=O)c3ccccc3)ncnc21.CC[C@H]1O[C@@H](n2cnc3c(NC(=O)c4ccccc4)ncnc32)[C@H](O[Si](C)(C)C(C)(C)C)[C@@H]1O[P+](=O)[O-]. The van der Waals surface area contributed by atoms with E-state index in [1.165, 1.54) is 25.3 Å². The summed E-state index contributed by atoms with van der Waals surface area (Å²) < 4.78 is 63.0. The zero-order chi connectivity index (χ0) is 58.4. The smallest absolute Gasteiger partial charge is 0.566 e. The van der Waals surface area contributed by atoms with Gasteiger partial charge in [-0.05, 0) is 92.3 Å². The van der Waals surface area contributed by atoms with Crippen molar-refractivity contribution in [2.24, 2.45) is 0 Å². The minimum atomic E-state index is -3.13. The van der Waals surface area contributed by atoms with Gasteiger partial charge in [-0.3, -0.25) is 18.7 Å². The molecule has 2 aliphatic rings. The molecule has 28 heteroatoms. The lowest BCUT2D eigenvalue weighted by molar-refractivity contribution is -0.458. The summed E-state index contributed by atoms with van der Waals surface area (Å²) in [7, 11) is -10.9. The Labute approximate surface area is 463 Å². The van der Waals surface area contributed by atoms with Crippen molar-refractivity contribution in [3.8, 4) is 0 Å². The topological polar surface area (TPSA) is 326 Å². The van der Waals surface area contributed by atoms with Gasteiger partial charge in [-0.1, -0.05) is 84.9 Å². The molecule has 2 saturated heterocycles. The Balaban J connectivity index is 0.000000235. The van der Waals surface area contributed by atoms with Crippen LogP contribution in [0.3, 0.4) is 0 Å². The maximum atomic E-state index is 12.7. The van der Waals surface area contributed by atoms with Crippen molar-refractivity contribution in [1.29, 1.82) is 0 Å². The molecule has 6 heterocycles.